The van der Waals surface area contributed by atoms with E-state index in [-0.39, 0.29) is 44.0 Å². The van der Waals surface area contributed by atoms with Gasteiger partial charge in [0.25, 0.3) is 0 Å². The minimum absolute atomic E-state index is 0.117. The molecule has 0 saturated carbocycles. The van der Waals surface area contributed by atoms with E-state index in [1.165, 1.54) is 77.0 Å². The zero-order chi connectivity index (χ0) is 51.4. The highest BCUT2D eigenvalue weighted by Gasteiger charge is 2.19. The highest BCUT2D eigenvalue weighted by Crippen LogP contribution is 2.13. The molecule has 0 amide bonds. The number of allylic oxidation sites excluding steroid dienone is 22. The van der Waals surface area contributed by atoms with E-state index >= 15 is 0 Å². The molecule has 0 unspecified atom stereocenters. The zero-order valence-corrected chi connectivity index (χ0v) is 45.7. The van der Waals surface area contributed by atoms with Crippen LogP contribution in [-0.2, 0) is 28.6 Å². The number of ether oxygens (including phenoxy) is 3. The van der Waals surface area contributed by atoms with Gasteiger partial charge in [0.2, 0.25) is 0 Å². The predicted octanol–water partition coefficient (Wildman–Crippen LogP) is 19.4. The molecule has 400 valence electrons. The molecule has 0 rings (SSSR count). The maximum Gasteiger partial charge on any atom is 0.306 e. The number of esters is 3. The fourth-order valence-corrected chi connectivity index (χ4v) is 7.31. The lowest BCUT2D eigenvalue weighted by Gasteiger charge is -2.18. The van der Waals surface area contributed by atoms with Crippen LogP contribution in [0.4, 0.5) is 0 Å². The van der Waals surface area contributed by atoms with Crippen LogP contribution < -0.4 is 0 Å². The van der Waals surface area contributed by atoms with Gasteiger partial charge in [0, 0.05) is 19.3 Å². The van der Waals surface area contributed by atoms with Gasteiger partial charge in [-0.1, -0.05) is 219 Å². The number of hydrogen-bond donors (Lipinski definition) is 0. The lowest BCUT2D eigenvalue weighted by Crippen LogP contribution is -2.30. The summed E-state index contributed by atoms with van der Waals surface area (Å²) in [5.74, 6) is -1.02. The van der Waals surface area contributed by atoms with Crippen molar-refractivity contribution in [2.75, 3.05) is 13.2 Å². The molecule has 0 fully saturated rings. The Labute approximate surface area is 436 Å². The molecule has 71 heavy (non-hydrogen) atoms. The van der Waals surface area contributed by atoms with E-state index in [4.69, 9.17) is 14.2 Å². The Hall–Kier alpha value is -4.45. The summed E-state index contributed by atoms with van der Waals surface area (Å²) < 4.78 is 16.8. The number of unbranched alkanes of at least 4 members (excludes halogenated alkanes) is 17. The molecular weight excluding hydrogens is 877 g/mol. The van der Waals surface area contributed by atoms with Crippen LogP contribution in [0, 0.1) is 0 Å². The van der Waals surface area contributed by atoms with Gasteiger partial charge in [-0.25, -0.2) is 0 Å². The molecule has 0 heterocycles. The van der Waals surface area contributed by atoms with Gasteiger partial charge in [-0.15, -0.1) is 0 Å². The number of carbonyl (C=O) groups is 3. The van der Waals surface area contributed by atoms with Gasteiger partial charge in [0.05, 0.1) is 0 Å². The largest absolute Gasteiger partial charge is 0.462 e. The van der Waals surface area contributed by atoms with Crippen molar-refractivity contribution in [1.29, 1.82) is 0 Å². The summed E-state index contributed by atoms with van der Waals surface area (Å²) in [6.45, 7) is 6.38. The Bertz CT molecular complexity index is 1550. The molecule has 0 saturated heterocycles. The van der Waals surface area contributed by atoms with Gasteiger partial charge < -0.3 is 14.2 Å². The average molecular weight is 982 g/mol. The molecule has 0 spiro atoms. The second-order valence-electron chi connectivity index (χ2n) is 18.5. The monoisotopic (exact) mass is 981 g/mol. The topological polar surface area (TPSA) is 78.9 Å². The Balaban J connectivity index is 4.58. The average Bonchev–Trinajstić information content (AvgIpc) is 3.37. The lowest BCUT2D eigenvalue weighted by atomic mass is 10.1. The van der Waals surface area contributed by atoms with E-state index in [9.17, 15) is 14.4 Å². The number of carbonyl (C=O) groups excluding carboxylic acids is 3. The Morgan fingerprint density at radius 1 is 0.296 bits per heavy atom. The Kier molecular flexibility index (Phi) is 54.5. The maximum atomic E-state index is 12.9. The van der Waals surface area contributed by atoms with Crippen molar-refractivity contribution in [3.8, 4) is 0 Å². The highest BCUT2D eigenvalue weighted by molar-refractivity contribution is 5.71. The van der Waals surface area contributed by atoms with Crippen LogP contribution in [0.15, 0.2) is 134 Å². The Morgan fingerprint density at radius 2 is 0.563 bits per heavy atom. The second kappa shape index (κ2) is 58.1. The zero-order valence-electron chi connectivity index (χ0n) is 45.7. The summed E-state index contributed by atoms with van der Waals surface area (Å²) in [7, 11) is 0. The number of hydrogen-bond acceptors (Lipinski definition) is 6. The van der Waals surface area contributed by atoms with Crippen molar-refractivity contribution in [2.45, 2.75) is 245 Å². The minimum Gasteiger partial charge on any atom is -0.462 e. The maximum absolute atomic E-state index is 12.9. The first-order valence-electron chi connectivity index (χ1n) is 28.7. The van der Waals surface area contributed by atoms with E-state index < -0.39 is 6.10 Å². The summed E-state index contributed by atoms with van der Waals surface area (Å²) in [4.78, 5) is 38.2. The minimum atomic E-state index is -0.827. The summed E-state index contributed by atoms with van der Waals surface area (Å²) in [5, 5.41) is 0. The van der Waals surface area contributed by atoms with E-state index in [2.05, 4.69) is 154 Å². The van der Waals surface area contributed by atoms with Gasteiger partial charge in [-0.3, -0.25) is 14.4 Å². The van der Waals surface area contributed by atoms with Crippen LogP contribution in [0.5, 0.6) is 0 Å². The van der Waals surface area contributed by atoms with Gasteiger partial charge in [-0.05, 0) is 135 Å². The molecule has 0 bridgehead atoms. The third-order valence-electron chi connectivity index (χ3n) is 11.6. The molecule has 0 aliphatic rings. The van der Waals surface area contributed by atoms with Crippen LogP contribution in [0.2, 0.25) is 0 Å². The molecule has 0 aromatic carbocycles. The first-order valence-corrected chi connectivity index (χ1v) is 28.7. The van der Waals surface area contributed by atoms with Crippen molar-refractivity contribution in [2.24, 2.45) is 0 Å². The standard InChI is InChI=1S/C65H104O6/c1-4-7-10-13-16-19-22-25-28-31-32-35-38-41-44-47-50-53-56-59-65(68)71-62(60-69-63(66)57-54-51-48-45-42-39-36-33-29-26-23-20-17-14-11-8-5-2)61-70-64(67)58-55-52-49-46-43-40-37-34-30-27-24-21-18-15-12-9-6-3/h7,10,16-21,25-30,32,35-36,39,41,44-45,48,62H,4-6,8-9,11-15,22-24,31,33-34,37-38,40,42-43,46-47,49-61H2,1-3H3/b10-7-,19-16-,20-17-,21-18-,28-25-,29-26-,30-27-,35-32-,39-36-,44-41-,48-45-/t62-/m1/s1. The number of rotatable bonds is 50. The normalized spacial score (nSPS) is 13.1. The molecule has 0 N–H and O–H groups in total. The SMILES string of the molecule is CC/C=C\C/C=C\C/C=C\C/C=C\C/C=C\CCCCCC(=O)O[C@H](COC(=O)CCC/C=C\C/C=C\C/C=C\C/C=C\CCCCC)COC(=O)CCCCCCCCC/C=C\C/C=C\CCCCC. The smallest absolute Gasteiger partial charge is 0.306 e. The van der Waals surface area contributed by atoms with Gasteiger partial charge in [-0.2, -0.15) is 0 Å². The molecule has 6 nitrogen and oxygen atoms in total. The van der Waals surface area contributed by atoms with Crippen molar-refractivity contribution in [1.82, 2.24) is 0 Å². The molecule has 0 aliphatic carbocycles. The van der Waals surface area contributed by atoms with E-state index in [1.54, 1.807) is 0 Å². The van der Waals surface area contributed by atoms with Gasteiger partial charge in [0.15, 0.2) is 6.10 Å². The molecule has 6 heteroatoms. The first-order chi connectivity index (χ1) is 35.0. The summed E-state index contributed by atoms with van der Waals surface area (Å²) in [6.07, 6.45) is 81.5. The molecule has 1 atom stereocenters. The molecule has 0 aromatic heterocycles. The fourth-order valence-electron chi connectivity index (χ4n) is 7.31. The summed E-state index contributed by atoms with van der Waals surface area (Å²) in [5.41, 5.74) is 0. The predicted molar refractivity (Wildman–Crippen MR) is 306 cm³/mol. The summed E-state index contributed by atoms with van der Waals surface area (Å²) >= 11 is 0. The molecular formula is C65H104O6. The highest BCUT2D eigenvalue weighted by atomic mass is 16.6. The molecule has 0 radical (unpaired) electrons. The Morgan fingerprint density at radius 3 is 0.930 bits per heavy atom. The van der Waals surface area contributed by atoms with Crippen LogP contribution in [0.1, 0.15) is 239 Å². The van der Waals surface area contributed by atoms with Crippen molar-refractivity contribution >= 4 is 17.9 Å². The van der Waals surface area contributed by atoms with Crippen molar-refractivity contribution in [3.05, 3.63) is 134 Å². The fraction of sp³-hybridized carbons (Fsp3) is 0.615. The van der Waals surface area contributed by atoms with Crippen LogP contribution in [-0.4, -0.2) is 37.2 Å². The van der Waals surface area contributed by atoms with Crippen molar-refractivity contribution in [3.63, 3.8) is 0 Å². The van der Waals surface area contributed by atoms with E-state index in [0.29, 0.717) is 19.3 Å². The van der Waals surface area contributed by atoms with Crippen molar-refractivity contribution < 1.29 is 28.6 Å². The first kappa shape index (κ1) is 66.6. The second-order valence-corrected chi connectivity index (χ2v) is 18.5. The van der Waals surface area contributed by atoms with Crippen LogP contribution in [0.25, 0.3) is 0 Å². The summed E-state index contributed by atoms with van der Waals surface area (Å²) in [6, 6.07) is 0. The van der Waals surface area contributed by atoms with Gasteiger partial charge >= 0.3 is 17.9 Å². The van der Waals surface area contributed by atoms with Crippen LogP contribution in [0.3, 0.4) is 0 Å². The third kappa shape index (κ3) is 56.3. The van der Waals surface area contributed by atoms with E-state index in [1.807, 2.05) is 0 Å². The van der Waals surface area contributed by atoms with Crippen LogP contribution >= 0.6 is 0 Å². The quantitative estimate of drug-likeness (QED) is 0.0262. The van der Waals surface area contributed by atoms with E-state index in [0.717, 1.165) is 109 Å². The molecule has 0 aliphatic heterocycles. The third-order valence-corrected chi connectivity index (χ3v) is 11.6. The lowest BCUT2D eigenvalue weighted by molar-refractivity contribution is -0.167. The molecule has 0 aromatic rings. The van der Waals surface area contributed by atoms with Gasteiger partial charge in [0.1, 0.15) is 13.2 Å².